The highest BCUT2D eigenvalue weighted by Gasteiger charge is 2.31. The molecule has 7 nitrogen and oxygen atoms in total. The van der Waals surface area contributed by atoms with E-state index in [-0.39, 0.29) is 39.8 Å². The summed E-state index contributed by atoms with van der Waals surface area (Å²) < 4.78 is 27.8. The number of piperidine rings is 1. The van der Waals surface area contributed by atoms with Crippen molar-refractivity contribution in [2.45, 2.75) is 51.3 Å². The normalized spacial score (nSPS) is 17.5. The maximum absolute atomic E-state index is 13.2. The highest BCUT2D eigenvalue weighted by molar-refractivity contribution is 7.89. The molecule has 0 bridgehead atoms. The number of hydrogen-bond donors (Lipinski definition) is 1. The van der Waals surface area contributed by atoms with Crippen LogP contribution in [-0.4, -0.2) is 62.2 Å². The fourth-order valence-corrected chi connectivity index (χ4v) is 5.64. The zero-order valence-electron chi connectivity index (χ0n) is 18.0. The molecular weight excluding hydrogens is 426 g/mol. The van der Waals surface area contributed by atoms with Crippen molar-refractivity contribution in [3.63, 3.8) is 0 Å². The van der Waals surface area contributed by atoms with E-state index in [0.29, 0.717) is 32.6 Å². The van der Waals surface area contributed by atoms with Crippen molar-refractivity contribution in [1.82, 2.24) is 14.5 Å². The van der Waals surface area contributed by atoms with Gasteiger partial charge in [-0.2, -0.15) is 4.31 Å². The molecule has 1 atom stereocenters. The predicted octanol–water partition coefficient (Wildman–Crippen LogP) is 3.14. The first-order valence-electron chi connectivity index (χ1n) is 10.6. The minimum absolute atomic E-state index is 0.0593. The lowest BCUT2D eigenvalue weighted by atomic mass is 10.0. The molecule has 168 valence electrons. The van der Waals surface area contributed by atoms with Gasteiger partial charge >= 0.3 is 0 Å². The molecule has 1 fully saturated rings. The number of sulfonamides is 1. The largest absolute Gasteiger partial charge is 0.355 e. The van der Waals surface area contributed by atoms with E-state index in [4.69, 9.17) is 11.6 Å². The Labute approximate surface area is 184 Å². The smallest absolute Gasteiger partial charge is 0.254 e. The molecule has 0 spiro atoms. The lowest BCUT2D eigenvalue weighted by molar-refractivity contribution is -0.121. The minimum atomic E-state index is -3.80. The fraction of sp³-hybridized carbons (Fsp3) is 0.619. The number of carbonyl (C=O) groups excluding carboxylic acids is 2. The lowest BCUT2D eigenvalue weighted by Gasteiger charge is -2.30. The van der Waals surface area contributed by atoms with Gasteiger partial charge in [0.05, 0.1) is 11.6 Å². The Morgan fingerprint density at radius 3 is 2.63 bits per heavy atom. The van der Waals surface area contributed by atoms with Gasteiger partial charge in [0.25, 0.3) is 5.91 Å². The van der Waals surface area contributed by atoms with Crippen molar-refractivity contribution < 1.29 is 18.0 Å². The second kappa shape index (κ2) is 11.1. The van der Waals surface area contributed by atoms with Crippen LogP contribution >= 0.6 is 11.6 Å². The summed E-state index contributed by atoms with van der Waals surface area (Å²) in [6.45, 7) is 7.65. The summed E-state index contributed by atoms with van der Waals surface area (Å²) >= 11 is 6.23. The van der Waals surface area contributed by atoms with Crippen LogP contribution in [0.5, 0.6) is 0 Å². The van der Waals surface area contributed by atoms with Crippen LogP contribution in [0.1, 0.15) is 56.8 Å². The van der Waals surface area contributed by atoms with E-state index >= 15 is 0 Å². The van der Waals surface area contributed by atoms with Crippen LogP contribution < -0.4 is 5.32 Å². The summed E-state index contributed by atoms with van der Waals surface area (Å²) in [7, 11) is -3.80. The third-order valence-electron chi connectivity index (χ3n) is 5.10. The molecule has 1 unspecified atom stereocenters. The lowest BCUT2D eigenvalue weighted by Crippen LogP contribution is -2.41. The van der Waals surface area contributed by atoms with Gasteiger partial charge in [-0.25, -0.2) is 8.42 Å². The van der Waals surface area contributed by atoms with Gasteiger partial charge in [-0.15, -0.1) is 0 Å². The first-order chi connectivity index (χ1) is 14.2. The molecular formula is C21H32ClN3O4S. The molecule has 0 saturated carbocycles. The number of halogens is 1. The van der Waals surface area contributed by atoms with Gasteiger partial charge in [0.2, 0.25) is 15.9 Å². The van der Waals surface area contributed by atoms with Crippen molar-refractivity contribution in [2.75, 3.05) is 32.7 Å². The second-order valence-corrected chi connectivity index (χ2v) is 10.1. The molecule has 30 heavy (non-hydrogen) atoms. The topological polar surface area (TPSA) is 86.8 Å². The van der Waals surface area contributed by atoms with E-state index in [1.54, 1.807) is 0 Å². The van der Waals surface area contributed by atoms with Gasteiger partial charge < -0.3 is 10.2 Å². The third kappa shape index (κ3) is 6.18. The summed E-state index contributed by atoms with van der Waals surface area (Å²) in [6.07, 6.45) is 3.27. The van der Waals surface area contributed by atoms with Crippen molar-refractivity contribution in [3.8, 4) is 0 Å². The molecule has 1 N–H and O–H groups in total. The van der Waals surface area contributed by atoms with Crippen LogP contribution in [0.25, 0.3) is 0 Å². The first-order valence-corrected chi connectivity index (χ1v) is 12.4. The Morgan fingerprint density at radius 2 is 2.00 bits per heavy atom. The molecule has 1 aliphatic rings. The van der Waals surface area contributed by atoms with Gasteiger partial charge in [0, 0.05) is 31.7 Å². The van der Waals surface area contributed by atoms with E-state index in [2.05, 4.69) is 5.32 Å². The van der Waals surface area contributed by atoms with Gasteiger partial charge in [-0.1, -0.05) is 32.4 Å². The number of amides is 2. The molecule has 1 saturated heterocycles. The fourth-order valence-electron chi connectivity index (χ4n) is 3.54. The molecule has 0 radical (unpaired) electrons. The number of nitrogens with zero attached hydrogens (tertiary/aromatic N) is 2. The number of carbonyl (C=O) groups is 2. The average molecular weight is 458 g/mol. The van der Waals surface area contributed by atoms with Gasteiger partial charge in [-0.3, -0.25) is 9.59 Å². The number of hydrogen-bond acceptors (Lipinski definition) is 4. The van der Waals surface area contributed by atoms with Gasteiger partial charge in [0.15, 0.2) is 0 Å². The molecule has 0 aromatic heterocycles. The van der Waals surface area contributed by atoms with Crippen molar-refractivity contribution in [1.29, 1.82) is 0 Å². The minimum Gasteiger partial charge on any atom is -0.355 e. The van der Waals surface area contributed by atoms with Crippen LogP contribution in [-0.2, 0) is 14.8 Å². The van der Waals surface area contributed by atoms with E-state index < -0.39 is 10.0 Å². The Kier molecular flexibility index (Phi) is 9.12. The van der Waals surface area contributed by atoms with Crippen LogP contribution in [0.4, 0.5) is 0 Å². The van der Waals surface area contributed by atoms with Crippen LogP contribution in [0.3, 0.4) is 0 Å². The molecule has 2 amide bonds. The van der Waals surface area contributed by atoms with E-state index in [9.17, 15) is 18.0 Å². The molecule has 1 aliphatic heterocycles. The van der Waals surface area contributed by atoms with Gasteiger partial charge in [0.1, 0.15) is 4.90 Å². The van der Waals surface area contributed by atoms with Gasteiger partial charge in [-0.05, 0) is 49.8 Å². The molecule has 1 heterocycles. The zero-order chi connectivity index (χ0) is 22.3. The molecule has 9 heteroatoms. The maximum atomic E-state index is 13.2. The Bertz CT molecular complexity index is 860. The highest BCUT2D eigenvalue weighted by Crippen LogP contribution is 2.29. The standard InChI is InChI=1S/C21H32ClN3O4S/c1-4-10-23-20(26)15-24(11-5-2)21(27)17-8-9-18(22)19(13-17)30(28,29)25-12-6-7-16(3)14-25/h8-9,13,16H,4-7,10-12,14-15H2,1-3H3,(H,23,26). The summed E-state index contributed by atoms with van der Waals surface area (Å²) in [6, 6.07) is 4.29. The number of rotatable bonds is 9. The van der Waals surface area contributed by atoms with Crippen molar-refractivity contribution >= 4 is 33.4 Å². The average Bonchev–Trinajstić information content (AvgIpc) is 2.71. The third-order valence-corrected chi connectivity index (χ3v) is 7.45. The summed E-state index contributed by atoms with van der Waals surface area (Å²) in [5.74, 6) is -0.342. The quantitative estimate of drug-likeness (QED) is 0.617. The van der Waals surface area contributed by atoms with Crippen molar-refractivity contribution in [3.05, 3.63) is 28.8 Å². The molecule has 2 rings (SSSR count). The Morgan fingerprint density at radius 1 is 1.27 bits per heavy atom. The van der Waals surface area contributed by atoms with Crippen molar-refractivity contribution in [2.24, 2.45) is 5.92 Å². The molecule has 0 aliphatic carbocycles. The molecule has 1 aromatic rings. The maximum Gasteiger partial charge on any atom is 0.254 e. The summed E-state index contributed by atoms with van der Waals surface area (Å²) in [5, 5.41) is 2.85. The van der Waals surface area contributed by atoms with Crippen LogP contribution in [0.15, 0.2) is 23.1 Å². The predicted molar refractivity (Wildman–Crippen MR) is 118 cm³/mol. The Balaban J connectivity index is 2.29. The second-order valence-electron chi connectivity index (χ2n) is 7.83. The first kappa shape index (κ1) is 24.6. The SMILES string of the molecule is CCCNC(=O)CN(CCC)C(=O)c1ccc(Cl)c(S(=O)(=O)N2CCCC(C)C2)c1. The number of benzene rings is 1. The van der Waals surface area contributed by atoms with E-state index in [1.165, 1.54) is 27.4 Å². The van der Waals surface area contributed by atoms with Crippen LogP contribution in [0, 0.1) is 5.92 Å². The van der Waals surface area contributed by atoms with E-state index in [1.807, 2.05) is 20.8 Å². The summed E-state index contributed by atoms with van der Waals surface area (Å²) in [5.41, 5.74) is 0.208. The molecule has 1 aromatic carbocycles. The van der Waals surface area contributed by atoms with E-state index in [0.717, 1.165) is 19.3 Å². The zero-order valence-corrected chi connectivity index (χ0v) is 19.6. The summed E-state index contributed by atoms with van der Waals surface area (Å²) in [4.78, 5) is 26.5. The highest BCUT2D eigenvalue weighted by atomic mass is 35.5. The Hall–Kier alpha value is -1.64. The van der Waals surface area contributed by atoms with Crippen LogP contribution in [0.2, 0.25) is 5.02 Å². The monoisotopic (exact) mass is 457 g/mol. The number of nitrogens with one attached hydrogen (secondary N) is 1.